The first-order valence-electron chi connectivity index (χ1n) is 7.73. The topological polar surface area (TPSA) is 35.2 Å². The van der Waals surface area contributed by atoms with Crippen molar-refractivity contribution in [2.24, 2.45) is 5.73 Å². The Morgan fingerprint density at radius 3 is 2.71 bits per heavy atom. The van der Waals surface area contributed by atoms with Gasteiger partial charge in [0.25, 0.3) is 0 Å². The largest absolute Gasteiger partial charge is 0.489 e. The summed E-state index contributed by atoms with van der Waals surface area (Å²) in [5.74, 6) is 0.908. The lowest BCUT2D eigenvalue weighted by Crippen LogP contribution is -2.08. The van der Waals surface area contributed by atoms with Crippen molar-refractivity contribution in [3.8, 4) is 5.75 Å². The molecule has 2 nitrogen and oxygen atoms in total. The van der Waals surface area contributed by atoms with Gasteiger partial charge in [0.05, 0.1) is 0 Å². The molecule has 2 heteroatoms. The lowest BCUT2D eigenvalue weighted by atomic mass is 10.1. The van der Waals surface area contributed by atoms with Crippen LogP contribution in [0.3, 0.4) is 0 Å². The molecule has 0 aromatic heterocycles. The zero-order valence-corrected chi connectivity index (χ0v) is 12.9. The van der Waals surface area contributed by atoms with Gasteiger partial charge in [0.15, 0.2) is 0 Å². The van der Waals surface area contributed by atoms with Crippen molar-refractivity contribution >= 4 is 0 Å². The normalized spacial score (nSPS) is 14.8. The van der Waals surface area contributed by atoms with Gasteiger partial charge in [-0.1, -0.05) is 30.3 Å². The summed E-state index contributed by atoms with van der Waals surface area (Å²) in [5.41, 5.74) is 12.5. The zero-order valence-electron chi connectivity index (χ0n) is 12.9. The van der Waals surface area contributed by atoms with Crippen LogP contribution in [-0.2, 0) is 19.4 Å². The van der Waals surface area contributed by atoms with Crippen LogP contribution in [0.25, 0.3) is 0 Å². The smallest absolute Gasteiger partial charge is 0.124 e. The molecule has 21 heavy (non-hydrogen) atoms. The molecule has 2 aromatic rings. The molecule has 1 aliphatic carbocycles. The minimum atomic E-state index is -0.0133. The SMILES string of the molecule is Cc1ccc([C@H](C)N)c(OCc2ccc3c(c2)CCC3)c1. The lowest BCUT2D eigenvalue weighted by molar-refractivity contribution is 0.301. The van der Waals surface area contributed by atoms with Gasteiger partial charge < -0.3 is 10.5 Å². The summed E-state index contributed by atoms with van der Waals surface area (Å²) in [5, 5.41) is 0. The second-order valence-corrected chi connectivity index (χ2v) is 6.08. The molecule has 0 unspecified atom stereocenters. The highest BCUT2D eigenvalue weighted by molar-refractivity contribution is 5.40. The average Bonchev–Trinajstić information content (AvgIpc) is 2.92. The van der Waals surface area contributed by atoms with Crippen molar-refractivity contribution in [2.45, 2.75) is 45.8 Å². The predicted molar refractivity (Wildman–Crippen MR) is 86.6 cm³/mol. The quantitative estimate of drug-likeness (QED) is 0.916. The lowest BCUT2D eigenvalue weighted by Gasteiger charge is -2.15. The van der Waals surface area contributed by atoms with Gasteiger partial charge in [-0.3, -0.25) is 0 Å². The maximum Gasteiger partial charge on any atom is 0.124 e. The minimum Gasteiger partial charge on any atom is -0.489 e. The summed E-state index contributed by atoms with van der Waals surface area (Å²) in [6.45, 7) is 4.68. The van der Waals surface area contributed by atoms with E-state index in [4.69, 9.17) is 10.5 Å². The fraction of sp³-hybridized carbons (Fsp3) is 0.368. The second kappa shape index (κ2) is 5.90. The molecular weight excluding hydrogens is 258 g/mol. The van der Waals surface area contributed by atoms with Gasteiger partial charge in [0, 0.05) is 11.6 Å². The van der Waals surface area contributed by atoms with E-state index in [0.29, 0.717) is 6.61 Å². The standard InChI is InChI=1S/C19H23NO/c1-13-6-9-18(14(2)20)19(10-13)21-12-15-7-8-16-4-3-5-17(16)11-15/h6-11,14H,3-5,12,20H2,1-2H3/t14-/m0/s1. The van der Waals surface area contributed by atoms with Gasteiger partial charge >= 0.3 is 0 Å². The van der Waals surface area contributed by atoms with Crippen molar-refractivity contribution in [3.05, 3.63) is 64.2 Å². The minimum absolute atomic E-state index is 0.0133. The van der Waals surface area contributed by atoms with Gasteiger partial charge in [-0.05, 0) is 61.4 Å². The predicted octanol–water partition coefficient (Wildman–Crippen LogP) is 4.08. The van der Waals surface area contributed by atoms with Crippen LogP contribution in [0, 0.1) is 6.92 Å². The molecule has 110 valence electrons. The summed E-state index contributed by atoms with van der Waals surface area (Å²) in [4.78, 5) is 0. The van der Waals surface area contributed by atoms with Crippen molar-refractivity contribution in [3.63, 3.8) is 0 Å². The van der Waals surface area contributed by atoms with Crippen LogP contribution in [-0.4, -0.2) is 0 Å². The van der Waals surface area contributed by atoms with Crippen molar-refractivity contribution < 1.29 is 4.74 Å². The van der Waals surface area contributed by atoms with Crippen LogP contribution in [0.5, 0.6) is 5.75 Å². The number of hydrogen-bond donors (Lipinski definition) is 1. The molecule has 0 fully saturated rings. The molecule has 0 saturated heterocycles. The van der Waals surface area contributed by atoms with Crippen LogP contribution in [0.4, 0.5) is 0 Å². The van der Waals surface area contributed by atoms with E-state index in [0.717, 1.165) is 11.3 Å². The van der Waals surface area contributed by atoms with E-state index in [1.807, 2.05) is 6.92 Å². The first kappa shape index (κ1) is 14.2. The molecule has 0 radical (unpaired) electrons. The number of ether oxygens (including phenoxy) is 1. The number of aryl methyl sites for hydroxylation is 3. The van der Waals surface area contributed by atoms with Gasteiger partial charge in [-0.25, -0.2) is 0 Å². The molecule has 3 rings (SSSR count). The van der Waals surface area contributed by atoms with E-state index in [1.54, 1.807) is 0 Å². The van der Waals surface area contributed by atoms with E-state index in [2.05, 4.69) is 43.3 Å². The third-order valence-electron chi connectivity index (χ3n) is 4.22. The Morgan fingerprint density at radius 2 is 1.90 bits per heavy atom. The summed E-state index contributed by atoms with van der Waals surface area (Å²) in [6, 6.07) is 12.9. The molecule has 2 N–H and O–H groups in total. The van der Waals surface area contributed by atoms with Gasteiger partial charge in [-0.15, -0.1) is 0 Å². The third-order valence-corrected chi connectivity index (χ3v) is 4.22. The van der Waals surface area contributed by atoms with Crippen LogP contribution >= 0.6 is 0 Å². The maximum atomic E-state index is 6.05. The first-order chi connectivity index (χ1) is 10.1. The molecule has 2 aromatic carbocycles. The van der Waals surface area contributed by atoms with E-state index < -0.39 is 0 Å². The van der Waals surface area contributed by atoms with E-state index in [9.17, 15) is 0 Å². The highest BCUT2D eigenvalue weighted by atomic mass is 16.5. The van der Waals surface area contributed by atoms with Crippen LogP contribution < -0.4 is 10.5 Å². The molecule has 0 spiro atoms. The number of hydrogen-bond acceptors (Lipinski definition) is 2. The number of nitrogens with two attached hydrogens (primary N) is 1. The fourth-order valence-electron chi connectivity index (χ4n) is 3.02. The summed E-state index contributed by atoms with van der Waals surface area (Å²) < 4.78 is 6.05. The van der Waals surface area contributed by atoms with Crippen LogP contribution in [0.1, 0.15) is 47.2 Å². The molecule has 0 saturated carbocycles. The summed E-state index contributed by atoms with van der Waals surface area (Å²) in [6.07, 6.45) is 3.72. The molecule has 1 atom stereocenters. The third kappa shape index (κ3) is 3.11. The van der Waals surface area contributed by atoms with Crippen molar-refractivity contribution in [2.75, 3.05) is 0 Å². The molecular formula is C19H23NO. The number of fused-ring (bicyclic) bond motifs is 1. The molecule has 1 aliphatic rings. The van der Waals surface area contributed by atoms with Gasteiger partial charge in [0.1, 0.15) is 12.4 Å². The molecule has 0 aliphatic heterocycles. The maximum absolute atomic E-state index is 6.05. The Hall–Kier alpha value is -1.80. The second-order valence-electron chi connectivity index (χ2n) is 6.08. The van der Waals surface area contributed by atoms with Gasteiger partial charge in [0.2, 0.25) is 0 Å². The number of rotatable bonds is 4. The Morgan fingerprint density at radius 1 is 1.10 bits per heavy atom. The summed E-state index contributed by atoms with van der Waals surface area (Å²) >= 11 is 0. The average molecular weight is 281 g/mol. The molecule has 0 amide bonds. The first-order valence-corrected chi connectivity index (χ1v) is 7.73. The Balaban J connectivity index is 1.77. The van der Waals surface area contributed by atoms with Crippen molar-refractivity contribution in [1.82, 2.24) is 0 Å². The monoisotopic (exact) mass is 281 g/mol. The van der Waals surface area contributed by atoms with E-state index >= 15 is 0 Å². The van der Waals surface area contributed by atoms with Gasteiger partial charge in [-0.2, -0.15) is 0 Å². The van der Waals surface area contributed by atoms with E-state index in [-0.39, 0.29) is 6.04 Å². The van der Waals surface area contributed by atoms with Crippen molar-refractivity contribution in [1.29, 1.82) is 0 Å². The Bertz CT molecular complexity index is 646. The number of benzene rings is 2. The van der Waals surface area contributed by atoms with E-state index in [1.165, 1.54) is 41.5 Å². The Labute approximate surface area is 126 Å². The Kier molecular flexibility index (Phi) is 3.98. The van der Waals surface area contributed by atoms with Crippen LogP contribution in [0.2, 0.25) is 0 Å². The highest BCUT2D eigenvalue weighted by Gasteiger charge is 2.12. The fourth-order valence-corrected chi connectivity index (χ4v) is 3.02. The zero-order chi connectivity index (χ0) is 14.8. The van der Waals surface area contributed by atoms with Crippen LogP contribution in [0.15, 0.2) is 36.4 Å². The molecule has 0 bridgehead atoms. The summed E-state index contributed by atoms with van der Waals surface area (Å²) in [7, 11) is 0. The highest BCUT2D eigenvalue weighted by Crippen LogP contribution is 2.27. The molecule has 0 heterocycles.